The molecule has 0 saturated heterocycles. The maximum Gasteiger partial charge on any atom is 0.232 e. The van der Waals surface area contributed by atoms with Crippen LogP contribution in [0.25, 0.3) is 0 Å². The lowest BCUT2D eigenvalue weighted by Gasteiger charge is -2.11. The van der Waals surface area contributed by atoms with Crippen molar-refractivity contribution >= 4 is 0 Å². The van der Waals surface area contributed by atoms with Crippen molar-refractivity contribution < 1.29 is 9.26 Å². The van der Waals surface area contributed by atoms with Gasteiger partial charge in [0.25, 0.3) is 0 Å². The number of nitrogens with zero attached hydrogens (tertiary/aromatic N) is 2. The Bertz CT molecular complexity index is 572. The summed E-state index contributed by atoms with van der Waals surface area (Å²) in [5, 5.41) is 3.99. The second-order valence-electron chi connectivity index (χ2n) is 5.86. The minimum atomic E-state index is -0.397. The monoisotopic (exact) mass is 275 g/mol. The quantitative estimate of drug-likeness (QED) is 0.928. The van der Waals surface area contributed by atoms with Crippen LogP contribution in [-0.4, -0.2) is 17.3 Å². The van der Waals surface area contributed by atoms with Gasteiger partial charge in [-0.05, 0) is 11.1 Å². The van der Waals surface area contributed by atoms with Crippen molar-refractivity contribution in [2.75, 3.05) is 7.11 Å². The molecule has 0 radical (unpaired) electrons. The molecule has 0 amide bonds. The SMILES string of the molecule is COCc1cccc(C(N)c2noc(C(C)(C)C)n2)c1. The van der Waals surface area contributed by atoms with Crippen molar-refractivity contribution in [3.8, 4) is 0 Å². The predicted octanol–water partition coefficient (Wildman–Crippen LogP) is 2.56. The van der Waals surface area contributed by atoms with Crippen LogP contribution in [-0.2, 0) is 16.8 Å². The first-order valence-electron chi connectivity index (χ1n) is 6.59. The van der Waals surface area contributed by atoms with Crippen molar-refractivity contribution in [1.82, 2.24) is 10.1 Å². The highest BCUT2D eigenvalue weighted by molar-refractivity contribution is 5.29. The number of methoxy groups -OCH3 is 1. The molecule has 0 aliphatic carbocycles. The summed E-state index contributed by atoms with van der Waals surface area (Å²) in [7, 11) is 1.67. The molecular formula is C15H21N3O2. The minimum Gasteiger partial charge on any atom is -0.380 e. The molecule has 1 atom stereocenters. The van der Waals surface area contributed by atoms with Gasteiger partial charge in [-0.25, -0.2) is 0 Å². The average Bonchev–Trinajstić information content (AvgIpc) is 2.88. The molecule has 0 spiro atoms. The zero-order valence-electron chi connectivity index (χ0n) is 12.4. The largest absolute Gasteiger partial charge is 0.380 e. The van der Waals surface area contributed by atoms with Crippen molar-refractivity contribution in [3.63, 3.8) is 0 Å². The smallest absolute Gasteiger partial charge is 0.232 e. The van der Waals surface area contributed by atoms with E-state index in [1.165, 1.54) is 0 Å². The van der Waals surface area contributed by atoms with Crippen molar-refractivity contribution in [2.24, 2.45) is 5.73 Å². The van der Waals surface area contributed by atoms with Gasteiger partial charge >= 0.3 is 0 Å². The Kier molecular flexibility index (Phi) is 4.20. The summed E-state index contributed by atoms with van der Waals surface area (Å²) in [6.45, 7) is 6.62. The van der Waals surface area contributed by atoms with Crippen LogP contribution in [0.1, 0.15) is 49.7 Å². The molecule has 0 saturated carbocycles. The standard InChI is InChI=1S/C15H21N3O2/c1-15(2,3)14-17-13(18-20-14)12(16)11-7-5-6-10(8-11)9-19-4/h5-8,12H,9,16H2,1-4H3. The van der Waals surface area contributed by atoms with Gasteiger partial charge in [-0.3, -0.25) is 0 Å². The average molecular weight is 275 g/mol. The highest BCUT2D eigenvalue weighted by Gasteiger charge is 2.24. The Balaban J connectivity index is 2.24. The molecule has 2 rings (SSSR count). The van der Waals surface area contributed by atoms with Crippen LogP contribution in [0.2, 0.25) is 0 Å². The zero-order chi connectivity index (χ0) is 14.8. The first-order chi connectivity index (χ1) is 9.41. The van der Waals surface area contributed by atoms with Crippen LogP contribution in [0, 0.1) is 0 Å². The van der Waals surface area contributed by atoms with Gasteiger partial charge in [-0.1, -0.05) is 50.2 Å². The molecule has 2 aromatic rings. The summed E-state index contributed by atoms with van der Waals surface area (Å²) in [5.41, 5.74) is 8.05. The lowest BCUT2D eigenvalue weighted by Crippen LogP contribution is -2.16. The van der Waals surface area contributed by atoms with Gasteiger partial charge in [0.2, 0.25) is 5.89 Å². The van der Waals surface area contributed by atoms with Gasteiger partial charge < -0.3 is 15.0 Å². The number of hydrogen-bond donors (Lipinski definition) is 1. The third-order valence-corrected chi connectivity index (χ3v) is 2.98. The van der Waals surface area contributed by atoms with Crippen LogP contribution >= 0.6 is 0 Å². The molecule has 1 aromatic carbocycles. The fourth-order valence-corrected chi connectivity index (χ4v) is 1.86. The minimum absolute atomic E-state index is 0.178. The Morgan fingerprint density at radius 1 is 1.35 bits per heavy atom. The molecule has 0 aliphatic rings. The Morgan fingerprint density at radius 2 is 2.10 bits per heavy atom. The predicted molar refractivity (Wildman–Crippen MR) is 76.2 cm³/mol. The van der Waals surface area contributed by atoms with Gasteiger partial charge in [0.05, 0.1) is 12.6 Å². The van der Waals surface area contributed by atoms with Crippen molar-refractivity contribution in [1.29, 1.82) is 0 Å². The number of aromatic nitrogens is 2. The van der Waals surface area contributed by atoms with Gasteiger partial charge in [-0.15, -0.1) is 0 Å². The van der Waals surface area contributed by atoms with Gasteiger partial charge in [-0.2, -0.15) is 4.98 Å². The zero-order valence-corrected chi connectivity index (χ0v) is 12.4. The first-order valence-corrected chi connectivity index (χ1v) is 6.59. The lowest BCUT2D eigenvalue weighted by molar-refractivity contribution is 0.185. The van der Waals surface area contributed by atoms with E-state index in [9.17, 15) is 0 Å². The number of nitrogens with two attached hydrogens (primary N) is 1. The van der Waals surface area contributed by atoms with E-state index in [-0.39, 0.29) is 5.41 Å². The number of rotatable bonds is 4. The van der Waals surface area contributed by atoms with Crippen LogP contribution < -0.4 is 5.73 Å². The van der Waals surface area contributed by atoms with E-state index in [0.29, 0.717) is 18.3 Å². The summed E-state index contributed by atoms with van der Waals surface area (Å²) in [4.78, 5) is 4.40. The molecule has 1 aromatic heterocycles. The van der Waals surface area contributed by atoms with E-state index in [4.69, 9.17) is 15.0 Å². The fourth-order valence-electron chi connectivity index (χ4n) is 1.86. The normalized spacial score (nSPS) is 13.4. The molecular weight excluding hydrogens is 254 g/mol. The third-order valence-electron chi connectivity index (χ3n) is 2.98. The van der Waals surface area contributed by atoms with Gasteiger partial charge in [0.15, 0.2) is 5.82 Å². The van der Waals surface area contributed by atoms with Crippen LogP contribution in [0.4, 0.5) is 0 Å². The summed E-state index contributed by atoms with van der Waals surface area (Å²) in [6.07, 6.45) is 0. The molecule has 0 bridgehead atoms. The molecule has 1 heterocycles. The number of benzene rings is 1. The maximum absolute atomic E-state index is 6.21. The van der Waals surface area contributed by atoms with Crippen LogP contribution in [0.15, 0.2) is 28.8 Å². The fraction of sp³-hybridized carbons (Fsp3) is 0.467. The molecule has 5 nitrogen and oxygen atoms in total. The number of ether oxygens (including phenoxy) is 1. The van der Waals surface area contributed by atoms with Crippen LogP contribution in [0.3, 0.4) is 0 Å². The lowest BCUT2D eigenvalue weighted by atomic mass is 9.97. The van der Waals surface area contributed by atoms with Crippen molar-refractivity contribution in [3.05, 3.63) is 47.1 Å². The second-order valence-corrected chi connectivity index (χ2v) is 5.86. The van der Waals surface area contributed by atoms with Gasteiger partial charge in [0.1, 0.15) is 0 Å². The number of hydrogen-bond acceptors (Lipinski definition) is 5. The Hall–Kier alpha value is -1.72. The molecule has 0 aliphatic heterocycles. The molecule has 5 heteroatoms. The van der Waals surface area contributed by atoms with E-state index in [0.717, 1.165) is 11.1 Å². The summed E-state index contributed by atoms with van der Waals surface area (Å²) < 4.78 is 10.4. The summed E-state index contributed by atoms with van der Waals surface area (Å²) in [5.74, 6) is 1.10. The Morgan fingerprint density at radius 3 is 2.70 bits per heavy atom. The first kappa shape index (κ1) is 14.7. The topological polar surface area (TPSA) is 74.2 Å². The molecule has 20 heavy (non-hydrogen) atoms. The Labute approximate surface area is 119 Å². The third kappa shape index (κ3) is 3.23. The van der Waals surface area contributed by atoms with E-state index in [1.807, 2.05) is 45.0 Å². The van der Waals surface area contributed by atoms with Crippen LogP contribution in [0.5, 0.6) is 0 Å². The van der Waals surface area contributed by atoms with Crippen molar-refractivity contribution in [2.45, 2.75) is 38.8 Å². The maximum atomic E-state index is 6.21. The van der Waals surface area contributed by atoms with E-state index >= 15 is 0 Å². The van der Waals surface area contributed by atoms with E-state index < -0.39 is 6.04 Å². The molecule has 0 fully saturated rings. The highest BCUT2D eigenvalue weighted by Crippen LogP contribution is 2.23. The van der Waals surface area contributed by atoms with E-state index in [1.54, 1.807) is 7.11 Å². The van der Waals surface area contributed by atoms with E-state index in [2.05, 4.69) is 10.1 Å². The molecule has 2 N–H and O–H groups in total. The second kappa shape index (κ2) is 5.73. The molecule has 1 unspecified atom stereocenters. The summed E-state index contributed by atoms with van der Waals surface area (Å²) >= 11 is 0. The summed E-state index contributed by atoms with van der Waals surface area (Å²) in [6, 6.07) is 7.51. The molecule has 108 valence electrons. The highest BCUT2D eigenvalue weighted by atomic mass is 16.5. The van der Waals surface area contributed by atoms with Gasteiger partial charge in [0, 0.05) is 12.5 Å².